The van der Waals surface area contributed by atoms with Gasteiger partial charge in [0.1, 0.15) is 0 Å². The third-order valence-electron chi connectivity index (χ3n) is 2.89. The Bertz CT molecular complexity index is 172. The van der Waals surface area contributed by atoms with Crippen LogP contribution in [0.5, 0.6) is 0 Å². The number of nitrogens with two attached hydrogens (primary N) is 1. The lowest BCUT2D eigenvalue weighted by Crippen LogP contribution is -2.53. The third-order valence-corrected chi connectivity index (χ3v) is 2.89. The molecular weight excluding hydrogens is 176 g/mol. The first-order chi connectivity index (χ1) is 6.43. The summed E-state index contributed by atoms with van der Waals surface area (Å²) in [6.07, 6.45) is 1.32. The number of rotatable bonds is 3. The SMILES string of the molecule is CC1CC(C)CN(CC(C)(N)CO)C1. The molecule has 3 unspecified atom stereocenters. The first kappa shape index (κ1) is 12.0. The summed E-state index contributed by atoms with van der Waals surface area (Å²) in [7, 11) is 0. The molecule has 0 saturated carbocycles. The summed E-state index contributed by atoms with van der Waals surface area (Å²) in [5, 5.41) is 9.10. The molecule has 0 amide bonds. The maximum absolute atomic E-state index is 9.10. The van der Waals surface area contributed by atoms with Gasteiger partial charge in [0.05, 0.1) is 6.61 Å². The zero-order valence-corrected chi connectivity index (χ0v) is 9.66. The highest BCUT2D eigenvalue weighted by Gasteiger charge is 2.27. The van der Waals surface area contributed by atoms with Crippen molar-refractivity contribution in [1.29, 1.82) is 0 Å². The van der Waals surface area contributed by atoms with E-state index in [0.29, 0.717) is 0 Å². The van der Waals surface area contributed by atoms with Gasteiger partial charge < -0.3 is 15.7 Å². The minimum absolute atomic E-state index is 0.0618. The summed E-state index contributed by atoms with van der Waals surface area (Å²) in [6.45, 7) is 9.60. The summed E-state index contributed by atoms with van der Waals surface area (Å²) in [5.74, 6) is 1.52. The molecule has 84 valence electrons. The average molecular weight is 200 g/mol. The van der Waals surface area contributed by atoms with Crippen molar-refractivity contribution in [2.45, 2.75) is 32.7 Å². The molecule has 0 aromatic rings. The van der Waals surface area contributed by atoms with Gasteiger partial charge in [0.2, 0.25) is 0 Å². The van der Waals surface area contributed by atoms with E-state index in [1.54, 1.807) is 0 Å². The molecule has 3 nitrogen and oxygen atoms in total. The van der Waals surface area contributed by atoms with Gasteiger partial charge in [-0.2, -0.15) is 0 Å². The predicted octanol–water partition coefficient (Wildman–Crippen LogP) is 0.674. The molecule has 0 aliphatic carbocycles. The lowest BCUT2D eigenvalue weighted by atomic mass is 9.90. The van der Waals surface area contributed by atoms with Crippen molar-refractivity contribution in [2.24, 2.45) is 17.6 Å². The average Bonchev–Trinajstić information content (AvgIpc) is 2.01. The molecule has 1 rings (SSSR count). The summed E-state index contributed by atoms with van der Waals surface area (Å²) in [4.78, 5) is 2.38. The van der Waals surface area contributed by atoms with Gasteiger partial charge in [0.15, 0.2) is 0 Å². The molecule has 14 heavy (non-hydrogen) atoms. The first-order valence-electron chi connectivity index (χ1n) is 5.55. The Balaban J connectivity index is 2.44. The zero-order chi connectivity index (χ0) is 10.8. The van der Waals surface area contributed by atoms with Gasteiger partial charge in [-0.05, 0) is 25.2 Å². The van der Waals surface area contributed by atoms with Gasteiger partial charge >= 0.3 is 0 Å². The maximum Gasteiger partial charge on any atom is 0.0621 e. The molecule has 1 saturated heterocycles. The van der Waals surface area contributed by atoms with E-state index in [9.17, 15) is 0 Å². The molecule has 0 bridgehead atoms. The van der Waals surface area contributed by atoms with Crippen molar-refractivity contribution in [2.75, 3.05) is 26.2 Å². The highest BCUT2D eigenvalue weighted by Crippen LogP contribution is 2.21. The second-order valence-electron chi connectivity index (χ2n) is 5.45. The molecule has 0 aromatic carbocycles. The number of aliphatic hydroxyl groups excluding tert-OH is 1. The van der Waals surface area contributed by atoms with Crippen molar-refractivity contribution in [3.8, 4) is 0 Å². The van der Waals surface area contributed by atoms with Crippen LogP contribution in [0.2, 0.25) is 0 Å². The molecule has 0 spiro atoms. The summed E-state index contributed by atoms with van der Waals surface area (Å²) < 4.78 is 0. The number of nitrogens with zero attached hydrogens (tertiary/aromatic N) is 1. The smallest absolute Gasteiger partial charge is 0.0621 e. The maximum atomic E-state index is 9.10. The second-order valence-corrected chi connectivity index (χ2v) is 5.45. The molecular formula is C11H24N2O. The van der Waals surface area contributed by atoms with E-state index < -0.39 is 5.54 Å². The van der Waals surface area contributed by atoms with E-state index in [1.807, 2.05) is 6.92 Å². The van der Waals surface area contributed by atoms with Crippen LogP contribution in [0.25, 0.3) is 0 Å². The Kier molecular flexibility index (Phi) is 3.93. The van der Waals surface area contributed by atoms with Gasteiger partial charge in [0.25, 0.3) is 0 Å². The molecule has 1 heterocycles. The first-order valence-corrected chi connectivity index (χ1v) is 5.55. The number of hydrogen-bond acceptors (Lipinski definition) is 3. The van der Waals surface area contributed by atoms with Gasteiger partial charge in [-0.3, -0.25) is 0 Å². The van der Waals surface area contributed by atoms with Gasteiger partial charge in [-0.1, -0.05) is 13.8 Å². The normalized spacial score (nSPS) is 34.1. The Morgan fingerprint density at radius 2 is 1.86 bits per heavy atom. The minimum atomic E-state index is -0.448. The van der Waals surface area contributed by atoms with Crippen molar-refractivity contribution in [3.05, 3.63) is 0 Å². The van der Waals surface area contributed by atoms with E-state index in [-0.39, 0.29) is 6.61 Å². The number of hydrogen-bond donors (Lipinski definition) is 2. The topological polar surface area (TPSA) is 49.5 Å². The predicted molar refractivity (Wildman–Crippen MR) is 59.1 cm³/mol. The van der Waals surface area contributed by atoms with E-state index in [2.05, 4.69) is 18.7 Å². The van der Waals surface area contributed by atoms with Gasteiger partial charge in [-0.25, -0.2) is 0 Å². The molecule has 3 atom stereocenters. The number of aliphatic hydroxyl groups is 1. The Labute approximate surface area is 87.3 Å². The van der Waals surface area contributed by atoms with Crippen molar-refractivity contribution in [3.63, 3.8) is 0 Å². The van der Waals surface area contributed by atoms with Gasteiger partial charge in [0, 0.05) is 25.2 Å². The second kappa shape index (κ2) is 4.60. The minimum Gasteiger partial charge on any atom is -0.394 e. The van der Waals surface area contributed by atoms with Crippen LogP contribution in [-0.4, -0.2) is 41.8 Å². The highest BCUT2D eigenvalue weighted by molar-refractivity contribution is 4.85. The summed E-state index contributed by atoms with van der Waals surface area (Å²) >= 11 is 0. The van der Waals surface area contributed by atoms with Crippen molar-refractivity contribution in [1.82, 2.24) is 4.90 Å². The summed E-state index contributed by atoms with van der Waals surface area (Å²) in [5.41, 5.74) is 5.50. The molecule has 3 N–H and O–H groups in total. The largest absolute Gasteiger partial charge is 0.394 e. The van der Waals surface area contributed by atoms with Crippen LogP contribution in [-0.2, 0) is 0 Å². The Hall–Kier alpha value is -0.120. The molecule has 1 aliphatic heterocycles. The standard InChI is InChI=1S/C11H24N2O/c1-9-4-10(2)6-13(5-9)7-11(3,12)8-14/h9-10,14H,4-8,12H2,1-3H3. The van der Waals surface area contributed by atoms with Crippen LogP contribution in [0.1, 0.15) is 27.2 Å². The van der Waals surface area contributed by atoms with Crippen molar-refractivity contribution >= 4 is 0 Å². The van der Waals surface area contributed by atoms with E-state index in [4.69, 9.17) is 10.8 Å². The number of piperidine rings is 1. The lowest BCUT2D eigenvalue weighted by Gasteiger charge is -2.38. The fourth-order valence-corrected chi connectivity index (χ4v) is 2.48. The molecule has 0 aromatic heterocycles. The summed E-state index contributed by atoms with van der Waals surface area (Å²) in [6, 6.07) is 0. The molecule has 1 fully saturated rings. The van der Waals surface area contributed by atoms with Crippen LogP contribution in [0, 0.1) is 11.8 Å². The van der Waals surface area contributed by atoms with Gasteiger partial charge in [-0.15, -0.1) is 0 Å². The van der Waals surface area contributed by atoms with E-state index >= 15 is 0 Å². The third kappa shape index (κ3) is 3.56. The van der Waals surface area contributed by atoms with Crippen LogP contribution < -0.4 is 5.73 Å². The van der Waals surface area contributed by atoms with Crippen LogP contribution in [0.4, 0.5) is 0 Å². The molecule has 0 radical (unpaired) electrons. The Morgan fingerprint density at radius 3 is 2.29 bits per heavy atom. The van der Waals surface area contributed by atoms with Crippen LogP contribution in [0.3, 0.4) is 0 Å². The van der Waals surface area contributed by atoms with Crippen LogP contribution in [0.15, 0.2) is 0 Å². The fraction of sp³-hybridized carbons (Fsp3) is 1.00. The van der Waals surface area contributed by atoms with Crippen molar-refractivity contribution < 1.29 is 5.11 Å². The molecule has 1 aliphatic rings. The fourth-order valence-electron chi connectivity index (χ4n) is 2.48. The zero-order valence-electron chi connectivity index (χ0n) is 9.66. The lowest BCUT2D eigenvalue weighted by molar-refractivity contribution is 0.0927. The van der Waals surface area contributed by atoms with E-state index in [1.165, 1.54) is 6.42 Å². The highest BCUT2D eigenvalue weighted by atomic mass is 16.3. The number of likely N-dealkylation sites (tertiary alicyclic amines) is 1. The monoisotopic (exact) mass is 200 g/mol. The quantitative estimate of drug-likeness (QED) is 0.704. The van der Waals surface area contributed by atoms with E-state index in [0.717, 1.165) is 31.5 Å². The van der Waals surface area contributed by atoms with Crippen LogP contribution >= 0.6 is 0 Å². The Morgan fingerprint density at radius 1 is 1.36 bits per heavy atom. The molecule has 3 heteroatoms.